The fraction of sp³-hybridized carbons (Fsp3) is 0.375. The number of aromatic hydroxyl groups is 1. The van der Waals surface area contributed by atoms with Gasteiger partial charge in [-0.25, -0.2) is 0 Å². The van der Waals surface area contributed by atoms with Crippen molar-refractivity contribution in [2.45, 2.75) is 38.2 Å². The SMILES string of the molecule is C[C@H]1c2ccc(NC(=O)CCC(=O)O)c(O)c2C(O)=C2C(=O)C3C(O)=C(C(N)=O)C(=O)CC3[C@@H](O)C21. The molecule has 1 fully saturated rings. The van der Waals surface area contributed by atoms with Crippen molar-refractivity contribution in [2.75, 3.05) is 5.32 Å². The van der Waals surface area contributed by atoms with E-state index in [0.717, 1.165) is 0 Å². The molecule has 3 aliphatic carbocycles. The molecule has 0 radical (unpaired) electrons. The number of carbonyl (C=O) groups excluding carboxylic acids is 4. The summed E-state index contributed by atoms with van der Waals surface area (Å²) >= 11 is 0. The molecule has 5 atom stereocenters. The second-order valence-electron chi connectivity index (χ2n) is 9.19. The Balaban J connectivity index is 1.81. The Labute approximate surface area is 203 Å². The fourth-order valence-corrected chi connectivity index (χ4v) is 5.52. The molecular formula is C24H24N2O10. The molecule has 0 spiro atoms. The van der Waals surface area contributed by atoms with Crippen molar-refractivity contribution in [3.05, 3.63) is 40.2 Å². The minimum atomic E-state index is -1.50. The van der Waals surface area contributed by atoms with Gasteiger partial charge in [-0.15, -0.1) is 0 Å². The molecule has 8 N–H and O–H groups in total. The number of hydrogen-bond acceptors (Lipinski definition) is 9. The van der Waals surface area contributed by atoms with E-state index in [0.29, 0.717) is 5.56 Å². The van der Waals surface area contributed by atoms with Crippen molar-refractivity contribution < 1.29 is 49.5 Å². The number of aliphatic carboxylic acids is 1. The highest BCUT2D eigenvalue weighted by molar-refractivity contribution is 6.21. The number of carboxylic acids is 1. The van der Waals surface area contributed by atoms with E-state index in [9.17, 15) is 44.4 Å². The van der Waals surface area contributed by atoms with Crippen LogP contribution in [0.4, 0.5) is 5.69 Å². The van der Waals surface area contributed by atoms with Crippen molar-refractivity contribution in [3.63, 3.8) is 0 Å². The van der Waals surface area contributed by atoms with E-state index in [2.05, 4.69) is 5.32 Å². The van der Waals surface area contributed by atoms with Gasteiger partial charge in [-0.3, -0.25) is 24.0 Å². The normalized spacial score (nSPS) is 27.2. The van der Waals surface area contributed by atoms with Crippen LogP contribution < -0.4 is 11.1 Å². The van der Waals surface area contributed by atoms with Gasteiger partial charge in [-0.1, -0.05) is 13.0 Å². The number of hydrogen-bond donors (Lipinski definition) is 7. The Morgan fingerprint density at radius 2 is 1.78 bits per heavy atom. The number of rotatable bonds is 5. The fourth-order valence-electron chi connectivity index (χ4n) is 5.52. The second kappa shape index (κ2) is 8.79. The van der Waals surface area contributed by atoms with Gasteiger partial charge < -0.3 is 36.6 Å². The zero-order chi connectivity index (χ0) is 26.6. The molecule has 3 unspecified atom stereocenters. The molecule has 0 aliphatic heterocycles. The van der Waals surface area contributed by atoms with Crippen molar-refractivity contribution in [1.82, 2.24) is 0 Å². The number of nitrogens with two attached hydrogens (primary N) is 1. The molecule has 0 heterocycles. The number of primary amides is 1. The number of amides is 2. The second-order valence-corrected chi connectivity index (χ2v) is 9.19. The number of anilines is 1. The quantitative estimate of drug-likeness (QED) is 0.221. The molecular weight excluding hydrogens is 476 g/mol. The Hall–Kier alpha value is -4.19. The third-order valence-corrected chi connectivity index (χ3v) is 7.18. The molecule has 0 saturated heterocycles. The number of Topliss-reactive ketones (excluding diaryl/α,β-unsaturated/α-hetero) is 2. The average molecular weight is 500 g/mol. The summed E-state index contributed by atoms with van der Waals surface area (Å²) in [6, 6.07) is 2.83. The maximum atomic E-state index is 13.5. The number of ketones is 2. The number of phenols is 1. The lowest BCUT2D eigenvalue weighted by Gasteiger charge is -2.46. The molecule has 190 valence electrons. The van der Waals surface area contributed by atoms with Gasteiger partial charge in [-0.05, 0) is 17.5 Å². The topological polar surface area (TPSA) is 225 Å². The third kappa shape index (κ3) is 3.70. The first-order chi connectivity index (χ1) is 16.9. The molecule has 36 heavy (non-hydrogen) atoms. The molecule has 1 saturated carbocycles. The monoisotopic (exact) mass is 500 g/mol. The number of nitrogens with one attached hydrogen (secondary N) is 1. The first-order valence-electron chi connectivity index (χ1n) is 11.2. The van der Waals surface area contributed by atoms with Gasteiger partial charge in [0.05, 0.1) is 29.7 Å². The predicted molar refractivity (Wildman–Crippen MR) is 122 cm³/mol. The summed E-state index contributed by atoms with van der Waals surface area (Å²) in [7, 11) is 0. The van der Waals surface area contributed by atoms with Crippen molar-refractivity contribution in [3.8, 4) is 5.75 Å². The maximum Gasteiger partial charge on any atom is 0.303 e. The molecule has 12 heteroatoms. The lowest BCUT2D eigenvalue weighted by atomic mass is 9.57. The van der Waals surface area contributed by atoms with Crippen LogP contribution in [-0.4, -0.2) is 61.0 Å². The number of carboxylic acid groups (broad SMARTS) is 1. The Morgan fingerprint density at radius 3 is 2.39 bits per heavy atom. The number of fused-ring (bicyclic) bond motifs is 3. The van der Waals surface area contributed by atoms with Crippen LogP contribution in [0.15, 0.2) is 29.0 Å². The molecule has 4 rings (SSSR count). The first-order valence-corrected chi connectivity index (χ1v) is 11.2. The highest BCUT2D eigenvalue weighted by Crippen LogP contribution is 2.55. The third-order valence-electron chi connectivity index (χ3n) is 7.18. The standard InChI is InChI=1S/C24H24N2O10/c1-7-8-2-3-10(26-12(28)4-5-13(29)30)20(32)15(8)22(34)18-14(7)19(31)9-6-11(27)17(24(25)36)21(33)16(9)23(18)35/h2-3,7,9,14,16,19,31-34H,4-6H2,1H3,(H2,25,36)(H,26,28)(H,29,30)/t7-,9?,14?,16?,19+/m0/s1. The van der Waals surface area contributed by atoms with Gasteiger partial charge >= 0.3 is 5.97 Å². The molecule has 2 amide bonds. The van der Waals surface area contributed by atoms with Crippen molar-refractivity contribution in [1.29, 1.82) is 0 Å². The van der Waals surface area contributed by atoms with E-state index in [-0.39, 0.29) is 23.2 Å². The van der Waals surface area contributed by atoms with Crippen LogP contribution in [-0.2, 0) is 24.0 Å². The van der Waals surface area contributed by atoms with Crippen LogP contribution >= 0.6 is 0 Å². The largest absolute Gasteiger partial charge is 0.511 e. The summed E-state index contributed by atoms with van der Waals surface area (Å²) in [6.45, 7) is 1.65. The maximum absolute atomic E-state index is 13.5. The van der Waals surface area contributed by atoms with E-state index >= 15 is 0 Å². The predicted octanol–water partition coefficient (Wildman–Crippen LogP) is 0.644. The van der Waals surface area contributed by atoms with Crippen LogP contribution in [0.3, 0.4) is 0 Å². The summed E-state index contributed by atoms with van der Waals surface area (Å²) < 4.78 is 0. The van der Waals surface area contributed by atoms with Gasteiger partial charge in [0, 0.05) is 30.3 Å². The number of benzene rings is 1. The van der Waals surface area contributed by atoms with Gasteiger partial charge in [0.25, 0.3) is 5.91 Å². The average Bonchev–Trinajstić information content (AvgIpc) is 2.79. The Kier molecular flexibility index (Phi) is 6.08. The van der Waals surface area contributed by atoms with Gasteiger partial charge in [-0.2, -0.15) is 0 Å². The van der Waals surface area contributed by atoms with Crippen LogP contribution in [0.2, 0.25) is 0 Å². The van der Waals surface area contributed by atoms with Gasteiger partial charge in [0.2, 0.25) is 5.91 Å². The lowest BCUT2D eigenvalue weighted by Crippen LogP contribution is -2.52. The van der Waals surface area contributed by atoms with E-state index < -0.39 is 94.8 Å². The minimum Gasteiger partial charge on any atom is -0.511 e. The number of allylic oxidation sites excluding steroid dienone is 1. The summed E-state index contributed by atoms with van der Waals surface area (Å²) in [5, 5.41) is 54.9. The highest BCUT2D eigenvalue weighted by atomic mass is 16.4. The summed E-state index contributed by atoms with van der Waals surface area (Å²) in [4.78, 5) is 60.4. The number of aliphatic hydroxyl groups is 3. The summed E-state index contributed by atoms with van der Waals surface area (Å²) in [5.41, 5.74) is 4.22. The Bertz CT molecular complexity index is 1290. The highest BCUT2D eigenvalue weighted by Gasteiger charge is 2.56. The number of aliphatic hydroxyl groups excluding tert-OH is 3. The molecule has 1 aromatic rings. The Morgan fingerprint density at radius 1 is 1.11 bits per heavy atom. The smallest absolute Gasteiger partial charge is 0.303 e. The zero-order valence-corrected chi connectivity index (χ0v) is 19.0. The van der Waals surface area contributed by atoms with Crippen molar-refractivity contribution >= 4 is 40.8 Å². The molecule has 12 nitrogen and oxygen atoms in total. The van der Waals surface area contributed by atoms with Crippen LogP contribution in [0, 0.1) is 17.8 Å². The van der Waals surface area contributed by atoms with E-state index in [1.54, 1.807) is 6.92 Å². The molecule has 0 aromatic heterocycles. The molecule has 0 bridgehead atoms. The van der Waals surface area contributed by atoms with Crippen LogP contribution in [0.25, 0.3) is 5.76 Å². The summed E-state index contributed by atoms with van der Waals surface area (Å²) in [6.07, 6.45) is -2.58. The lowest BCUT2D eigenvalue weighted by molar-refractivity contribution is -0.138. The van der Waals surface area contributed by atoms with E-state index in [1.165, 1.54) is 12.1 Å². The van der Waals surface area contributed by atoms with E-state index in [4.69, 9.17) is 10.8 Å². The number of phenolic OH excluding ortho intramolecular Hbond substituents is 1. The number of carbonyl (C=O) groups is 5. The molecule has 3 aliphatic rings. The molecule has 1 aromatic carbocycles. The van der Waals surface area contributed by atoms with Crippen LogP contribution in [0.1, 0.15) is 43.2 Å². The van der Waals surface area contributed by atoms with Crippen LogP contribution in [0.5, 0.6) is 5.75 Å². The minimum absolute atomic E-state index is 0.134. The van der Waals surface area contributed by atoms with E-state index in [1.807, 2.05) is 0 Å². The summed E-state index contributed by atoms with van der Waals surface area (Å²) in [5.74, 6) is -11.0. The van der Waals surface area contributed by atoms with Gasteiger partial charge in [0.15, 0.2) is 11.6 Å². The van der Waals surface area contributed by atoms with Crippen molar-refractivity contribution in [2.24, 2.45) is 23.5 Å². The zero-order valence-electron chi connectivity index (χ0n) is 19.0. The van der Waals surface area contributed by atoms with Gasteiger partial charge in [0.1, 0.15) is 22.8 Å². The first kappa shape index (κ1) is 24.9.